The third-order valence-corrected chi connectivity index (χ3v) is 8.06. The van der Waals surface area contributed by atoms with Crippen LogP contribution in [0, 0.1) is 0 Å². The third-order valence-electron chi connectivity index (χ3n) is 5.19. The summed E-state index contributed by atoms with van der Waals surface area (Å²) < 4.78 is 0. The highest BCUT2D eigenvalue weighted by molar-refractivity contribution is 7.61. The van der Waals surface area contributed by atoms with Crippen molar-refractivity contribution < 1.29 is 0 Å². The Kier molecular flexibility index (Phi) is 5.28. The van der Waals surface area contributed by atoms with Gasteiger partial charge in [0.25, 0.3) is 0 Å². The number of hydrogen-bond acceptors (Lipinski definition) is 0. The normalized spacial score (nSPS) is 11.6. The summed E-state index contributed by atoms with van der Waals surface area (Å²) in [5.41, 5.74) is 5.73. The van der Waals surface area contributed by atoms with Crippen LogP contribution in [0.1, 0.15) is 24.7 Å². The van der Waals surface area contributed by atoms with E-state index in [1.54, 1.807) is 10.9 Å². The standard InChI is InChI=1S/C26H25P/c1-3-23-24(4-2)27(22-18-12-7-13-19-22)26(21-16-10-6-11-17-21)25(23)20-14-8-5-9-15-20/h5-19H,3-4H2,1-2H3. The van der Waals surface area contributed by atoms with Crippen LogP contribution in [0.2, 0.25) is 0 Å². The van der Waals surface area contributed by atoms with E-state index in [0.717, 1.165) is 12.8 Å². The summed E-state index contributed by atoms with van der Waals surface area (Å²) in [6.45, 7) is 4.63. The van der Waals surface area contributed by atoms with Crippen molar-refractivity contribution in [1.29, 1.82) is 0 Å². The second-order valence-electron chi connectivity index (χ2n) is 6.76. The summed E-state index contributed by atoms with van der Waals surface area (Å²) >= 11 is 0. The van der Waals surface area contributed by atoms with E-state index < -0.39 is 7.53 Å². The first-order chi connectivity index (χ1) is 13.3. The molecule has 134 valence electrons. The van der Waals surface area contributed by atoms with Crippen LogP contribution >= 0.6 is 7.53 Å². The van der Waals surface area contributed by atoms with Gasteiger partial charge in [0.1, 0.15) is 0 Å². The predicted octanol–water partition coefficient (Wildman–Crippen LogP) is 8.12. The second kappa shape index (κ2) is 7.99. The summed E-state index contributed by atoms with van der Waals surface area (Å²) in [6.07, 6.45) is 2.19. The van der Waals surface area contributed by atoms with Crippen molar-refractivity contribution in [2.75, 3.05) is 0 Å². The van der Waals surface area contributed by atoms with Crippen LogP contribution in [0.25, 0.3) is 27.3 Å². The van der Waals surface area contributed by atoms with Crippen LogP contribution in [-0.4, -0.2) is 0 Å². The van der Waals surface area contributed by atoms with Crippen LogP contribution in [0.3, 0.4) is 0 Å². The van der Waals surface area contributed by atoms with Gasteiger partial charge in [0, 0.05) is 5.30 Å². The monoisotopic (exact) mass is 368 g/mol. The van der Waals surface area contributed by atoms with Crippen molar-refractivity contribution in [2.45, 2.75) is 26.7 Å². The van der Waals surface area contributed by atoms with Gasteiger partial charge in [-0.2, -0.15) is 0 Å². The average molecular weight is 368 g/mol. The lowest BCUT2D eigenvalue weighted by molar-refractivity contribution is 1.08. The molecule has 0 spiro atoms. The fraction of sp³-hybridized carbons (Fsp3) is 0.154. The molecule has 4 rings (SSSR count). The van der Waals surface area contributed by atoms with Gasteiger partial charge < -0.3 is 0 Å². The molecule has 0 aliphatic carbocycles. The van der Waals surface area contributed by atoms with Crippen LogP contribution in [0.5, 0.6) is 0 Å². The Morgan fingerprint density at radius 2 is 1.11 bits per heavy atom. The molecule has 27 heavy (non-hydrogen) atoms. The maximum absolute atomic E-state index is 2.32. The van der Waals surface area contributed by atoms with E-state index in [1.165, 1.54) is 27.3 Å². The largest absolute Gasteiger partial charge is 0.0811 e. The van der Waals surface area contributed by atoms with Crippen molar-refractivity contribution in [3.8, 4) is 27.3 Å². The fourth-order valence-corrected chi connectivity index (χ4v) is 7.13. The molecule has 0 aliphatic heterocycles. The summed E-state index contributed by atoms with van der Waals surface area (Å²) in [7, 11) is -0.492. The van der Waals surface area contributed by atoms with Gasteiger partial charge in [-0.15, -0.1) is 0 Å². The molecule has 0 nitrogen and oxygen atoms in total. The van der Waals surface area contributed by atoms with Crippen molar-refractivity contribution >= 4 is 7.53 Å². The molecule has 0 saturated heterocycles. The summed E-state index contributed by atoms with van der Waals surface area (Å²) in [5, 5.41) is 4.62. The molecule has 0 radical (unpaired) electrons. The number of rotatable bonds is 5. The zero-order valence-electron chi connectivity index (χ0n) is 16.0. The Bertz CT molecular complexity index is 947. The van der Waals surface area contributed by atoms with E-state index in [2.05, 4.69) is 105 Å². The number of hydrogen-bond donors (Lipinski definition) is 0. The van der Waals surface area contributed by atoms with E-state index in [4.69, 9.17) is 0 Å². The molecule has 0 fully saturated rings. The maximum atomic E-state index is 2.32. The SMILES string of the molecule is CCc1c(-c2ccccc2)c(-c2ccccc2)p(-c2ccccc2)c1CC. The minimum absolute atomic E-state index is 0.492. The highest BCUT2D eigenvalue weighted by atomic mass is 31.1. The average Bonchev–Trinajstić information content (AvgIpc) is 3.10. The maximum Gasteiger partial charge on any atom is 0.0140 e. The lowest BCUT2D eigenvalue weighted by Crippen LogP contribution is -1.88. The molecular formula is C26H25P. The summed E-state index contributed by atoms with van der Waals surface area (Å²) in [5.74, 6) is 0. The molecule has 1 unspecified atom stereocenters. The van der Waals surface area contributed by atoms with Crippen molar-refractivity contribution in [1.82, 2.24) is 0 Å². The van der Waals surface area contributed by atoms with E-state index in [1.807, 2.05) is 0 Å². The quantitative estimate of drug-likeness (QED) is 0.333. The van der Waals surface area contributed by atoms with Crippen LogP contribution in [-0.2, 0) is 12.8 Å². The van der Waals surface area contributed by atoms with E-state index >= 15 is 0 Å². The Balaban J connectivity index is 2.14. The zero-order chi connectivity index (χ0) is 18.6. The van der Waals surface area contributed by atoms with Gasteiger partial charge in [0.05, 0.1) is 0 Å². The number of benzene rings is 3. The molecule has 3 aromatic carbocycles. The minimum atomic E-state index is -0.492. The molecular weight excluding hydrogens is 343 g/mol. The first-order valence-corrected chi connectivity index (χ1v) is 11.1. The highest BCUT2D eigenvalue weighted by Crippen LogP contribution is 2.59. The lowest BCUT2D eigenvalue weighted by atomic mass is 9.95. The van der Waals surface area contributed by atoms with E-state index in [-0.39, 0.29) is 0 Å². The van der Waals surface area contributed by atoms with Crippen molar-refractivity contribution in [3.63, 3.8) is 0 Å². The summed E-state index contributed by atoms with van der Waals surface area (Å²) in [4.78, 5) is 0. The van der Waals surface area contributed by atoms with Gasteiger partial charge in [-0.3, -0.25) is 0 Å². The Morgan fingerprint density at radius 3 is 1.63 bits per heavy atom. The van der Waals surface area contributed by atoms with Crippen molar-refractivity contribution in [2.24, 2.45) is 0 Å². The molecule has 0 bridgehead atoms. The predicted molar refractivity (Wildman–Crippen MR) is 120 cm³/mol. The Morgan fingerprint density at radius 1 is 0.593 bits per heavy atom. The molecule has 1 aromatic heterocycles. The fourth-order valence-electron chi connectivity index (χ4n) is 4.07. The van der Waals surface area contributed by atoms with Crippen LogP contribution < -0.4 is 0 Å². The molecule has 1 heterocycles. The smallest absolute Gasteiger partial charge is 0.0140 e. The second-order valence-corrected chi connectivity index (χ2v) is 8.93. The first kappa shape index (κ1) is 17.8. The van der Waals surface area contributed by atoms with Crippen LogP contribution in [0.15, 0.2) is 91.0 Å². The van der Waals surface area contributed by atoms with Gasteiger partial charge in [-0.1, -0.05) is 112 Å². The minimum Gasteiger partial charge on any atom is -0.0811 e. The topological polar surface area (TPSA) is 0 Å². The van der Waals surface area contributed by atoms with E-state index in [0.29, 0.717) is 0 Å². The lowest BCUT2D eigenvalue weighted by Gasteiger charge is -2.12. The molecule has 0 amide bonds. The highest BCUT2D eigenvalue weighted by Gasteiger charge is 2.24. The molecule has 0 N–H and O–H groups in total. The Hall–Kier alpha value is -2.56. The van der Waals surface area contributed by atoms with Gasteiger partial charge >= 0.3 is 0 Å². The van der Waals surface area contributed by atoms with E-state index in [9.17, 15) is 0 Å². The van der Waals surface area contributed by atoms with Crippen LogP contribution in [0.4, 0.5) is 0 Å². The summed E-state index contributed by atoms with van der Waals surface area (Å²) in [6, 6.07) is 33.1. The Labute approximate surface area is 163 Å². The van der Waals surface area contributed by atoms with Gasteiger partial charge in [-0.25, -0.2) is 0 Å². The van der Waals surface area contributed by atoms with Gasteiger partial charge in [-0.05, 0) is 45.7 Å². The van der Waals surface area contributed by atoms with Crippen molar-refractivity contribution in [3.05, 3.63) is 102 Å². The van der Waals surface area contributed by atoms with Gasteiger partial charge in [0.2, 0.25) is 0 Å². The molecule has 4 aromatic rings. The molecule has 0 aliphatic rings. The third kappa shape index (κ3) is 3.27. The molecule has 1 atom stereocenters. The molecule has 1 heteroatoms. The first-order valence-electron chi connectivity index (χ1n) is 9.77. The zero-order valence-corrected chi connectivity index (χ0v) is 16.9. The molecule has 0 saturated carbocycles. The van der Waals surface area contributed by atoms with Gasteiger partial charge in [0.15, 0.2) is 0 Å².